The fraction of sp³-hybridized carbons (Fsp3) is 0.136. The first-order valence-electron chi connectivity index (χ1n) is 8.71. The van der Waals surface area contributed by atoms with Crippen LogP contribution in [0.15, 0.2) is 48.5 Å². The lowest BCUT2D eigenvalue weighted by Gasteiger charge is -2.13. The van der Waals surface area contributed by atoms with E-state index in [1.165, 1.54) is 18.2 Å². The summed E-state index contributed by atoms with van der Waals surface area (Å²) in [6.07, 6.45) is 0. The van der Waals surface area contributed by atoms with E-state index in [1.807, 2.05) is 26.0 Å². The predicted molar refractivity (Wildman–Crippen MR) is 110 cm³/mol. The first kappa shape index (κ1) is 18.9. The van der Waals surface area contributed by atoms with Crippen LogP contribution in [0.4, 0.5) is 8.78 Å². The SMILES string of the molecule is Cc1cc2nc(-c3c(F)cccc3Cl)n(Cc3c(F)cccc3Cl)c2cc1C. The molecule has 0 fully saturated rings. The molecule has 4 rings (SSSR count). The van der Waals surface area contributed by atoms with Crippen molar-refractivity contribution in [1.29, 1.82) is 0 Å². The standard InChI is InChI=1S/C22H16Cl2F2N2/c1-12-9-19-20(10-13(12)2)28(11-14-15(23)5-3-7-17(14)25)22(27-19)21-16(24)6-4-8-18(21)26/h3-10H,11H2,1-2H3. The number of benzene rings is 3. The Bertz CT molecular complexity index is 1170. The van der Waals surface area contributed by atoms with Gasteiger partial charge < -0.3 is 4.57 Å². The summed E-state index contributed by atoms with van der Waals surface area (Å²) in [7, 11) is 0. The molecule has 28 heavy (non-hydrogen) atoms. The highest BCUT2D eigenvalue weighted by molar-refractivity contribution is 6.33. The van der Waals surface area contributed by atoms with E-state index in [0.717, 1.165) is 16.6 Å². The lowest BCUT2D eigenvalue weighted by atomic mass is 10.1. The van der Waals surface area contributed by atoms with Crippen LogP contribution in [0, 0.1) is 25.5 Å². The number of aromatic nitrogens is 2. The van der Waals surface area contributed by atoms with Crippen molar-refractivity contribution in [2.75, 3.05) is 0 Å². The van der Waals surface area contributed by atoms with Crippen LogP contribution in [0.1, 0.15) is 16.7 Å². The van der Waals surface area contributed by atoms with E-state index in [1.54, 1.807) is 22.8 Å². The lowest BCUT2D eigenvalue weighted by Crippen LogP contribution is -2.06. The number of hydrogen-bond donors (Lipinski definition) is 0. The van der Waals surface area contributed by atoms with Crippen molar-refractivity contribution in [2.45, 2.75) is 20.4 Å². The third kappa shape index (κ3) is 3.17. The molecule has 0 atom stereocenters. The minimum absolute atomic E-state index is 0.102. The molecule has 1 heterocycles. The van der Waals surface area contributed by atoms with Gasteiger partial charge in [-0.15, -0.1) is 0 Å². The molecule has 0 unspecified atom stereocenters. The van der Waals surface area contributed by atoms with Crippen LogP contribution in [-0.2, 0) is 6.54 Å². The Labute approximate surface area is 171 Å². The summed E-state index contributed by atoms with van der Waals surface area (Å²) in [5.41, 5.74) is 4.06. The molecular weight excluding hydrogens is 401 g/mol. The molecule has 3 aromatic carbocycles. The highest BCUT2D eigenvalue weighted by Gasteiger charge is 2.21. The second-order valence-electron chi connectivity index (χ2n) is 6.74. The van der Waals surface area contributed by atoms with Gasteiger partial charge in [0.2, 0.25) is 0 Å². The number of rotatable bonds is 3. The third-order valence-corrected chi connectivity index (χ3v) is 5.60. The van der Waals surface area contributed by atoms with Gasteiger partial charge in [-0.1, -0.05) is 35.3 Å². The second kappa shape index (κ2) is 7.19. The molecule has 0 aliphatic heterocycles. The number of hydrogen-bond acceptors (Lipinski definition) is 1. The molecule has 0 spiro atoms. The van der Waals surface area contributed by atoms with E-state index in [0.29, 0.717) is 21.9 Å². The Morgan fingerprint density at radius 2 is 1.54 bits per heavy atom. The zero-order chi connectivity index (χ0) is 20.0. The zero-order valence-corrected chi connectivity index (χ0v) is 16.7. The van der Waals surface area contributed by atoms with Crippen molar-refractivity contribution in [1.82, 2.24) is 9.55 Å². The van der Waals surface area contributed by atoms with Crippen LogP contribution in [0.2, 0.25) is 10.0 Å². The van der Waals surface area contributed by atoms with Crippen molar-refractivity contribution >= 4 is 34.2 Å². The van der Waals surface area contributed by atoms with Crippen molar-refractivity contribution in [3.8, 4) is 11.4 Å². The minimum atomic E-state index is -0.489. The summed E-state index contributed by atoms with van der Waals surface area (Å²) in [6, 6.07) is 12.9. The smallest absolute Gasteiger partial charge is 0.145 e. The van der Waals surface area contributed by atoms with Gasteiger partial charge in [0.05, 0.1) is 28.2 Å². The van der Waals surface area contributed by atoms with E-state index in [2.05, 4.69) is 4.98 Å². The fourth-order valence-corrected chi connectivity index (χ4v) is 3.75. The van der Waals surface area contributed by atoms with E-state index in [-0.39, 0.29) is 17.1 Å². The first-order valence-corrected chi connectivity index (χ1v) is 9.47. The molecular formula is C22H16Cl2F2N2. The Kier molecular flexibility index (Phi) is 4.86. The molecule has 1 aromatic heterocycles. The number of halogens is 4. The van der Waals surface area contributed by atoms with Crippen molar-refractivity contribution in [2.24, 2.45) is 0 Å². The molecule has 0 aliphatic rings. The van der Waals surface area contributed by atoms with E-state index in [9.17, 15) is 8.78 Å². The molecule has 2 nitrogen and oxygen atoms in total. The van der Waals surface area contributed by atoms with Gasteiger partial charge in [-0.2, -0.15) is 0 Å². The number of nitrogens with zero attached hydrogens (tertiary/aromatic N) is 2. The van der Waals surface area contributed by atoms with Crippen LogP contribution in [0.25, 0.3) is 22.4 Å². The van der Waals surface area contributed by atoms with E-state index < -0.39 is 11.6 Å². The molecule has 0 bridgehead atoms. The summed E-state index contributed by atoms with van der Waals surface area (Å²) < 4.78 is 30.9. The van der Waals surface area contributed by atoms with Crippen LogP contribution >= 0.6 is 23.2 Å². The summed E-state index contributed by atoms with van der Waals surface area (Å²) in [4.78, 5) is 4.64. The third-order valence-electron chi connectivity index (χ3n) is 4.93. The number of fused-ring (bicyclic) bond motifs is 1. The van der Waals surface area contributed by atoms with Gasteiger partial charge in [0.25, 0.3) is 0 Å². The number of aryl methyl sites for hydroxylation is 2. The van der Waals surface area contributed by atoms with Crippen molar-refractivity contribution in [3.05, 3.63) is 86.9 Å². The van der Waals surface area contributed by atoms with Crippen LogP contribution < -0.4 is 0 Å². The summed E-state index contributed by atoms with van der Waals surface area (Å²) in [5, 5.41) is 0.542. The molecule has 0 N–H and O–H groups in total. The Hall–Kier alpha value is -2.43. The molecule has 0 amide bonds. The normalized spacial score (nSPS) is 11.4. The molecule has 0 radical (unpaired) electrons. The van der Waals surface area contributed by atoms with Crippen molar-refractivity contribution in [3.63, 3.8) is 0 Å². The van der Waals surface area contributed by atoms with Crippen LogP contribution in [0.3, 0.4) is 0 Å². The predicted octanol–water partition coefficient (Wildman–Crippen LogP) is 6.95. The molecule has 0 saturated heterocycles. The molecule has 6 heteroatoms. The zero-order valence-electron chi connectivity index (χ0n) is 15.2. The van der Waals surface area contributed by atoms with Crippen molar-refractivity contribution < 1.29 is 8.78 Å². The highest BCUT2D eigenvalue weighted by atomic mass is 35.5. The highest BCUT2D eigenvalue weighted by Crippen LogP contribution is 2.34. The maximum atomic E-state index is 14.7. The van der Waals surface area contributed by atoms with Crippen LogP contribution in [-0.4, -0.2) is 9.55 Å². The summed E-state index contributed by atoms with van der Waals surface area (Å²) >= 11 is 12.5. The number of imidazole rings is 1. The van der Waals surface area contributed by atoms with Gasteiger partial charge in [0.15, 0.2) is 0 Å². The van der Waals surface area contributed by atoms with Crippen LogP contribution in [0.5, 0.6) is 0 Å². The average Bonchev–Trinajstić information content (AvgIpc) is 2.95. The monoisotopic (exact) mass is 416 g/mol. The van der Waals surface area contributed by atoms with Gasteiger partial charge in [0, 0.05) is 10.6 Å². The molecule has 142 valence electrons. The van der Waals surface area contributed by atoms with Gasteiger partial charge in [-0.3, -0.25) is 0 Å². The lowest BCUT2D eigenvalue weighted by molar-refractivity contribution is 0.601. The molecule has 0 aliphatic carbocycles. The fourth-order valence-electron chi connectivity index (χ4n) is 3.28. The summed E-state index contributed by atoms with van der Waals surface area (Å²) in [6.45, 7) is 4.07. The molecule has 0 saturated carbocycles. The quantitative estimate of drug-likeness (QED) is 0.353. The topological polar surface area (TPSA) is 17.8 Å². The molecule has 4 aromatic rings. The largest absolute Gasteiger partial charge is 0.319 e. The van der Waals surface area contributed by atoms with E-state index in [4.69, 9.17) is 23.2 Å². The Morgan fingerprint density at radius 1 is 0.893 bits per heavy atom. The maximum absolute atomic E-state index is 14.7. The Balaban J connectivity index is 2.04. The second-order valence-corrected chi connectivity index (χ2v) is 7.56. The van der Waals surface area contributed by atoms with Gasteiger partial charge in [-0.05, 0) is 61.4 Å². The van der Waals surface area contributed by atoms with Gasteiger partial charge in [0.1, 0.15) is 17.5 Å². The van der Waals surface area contributed by atoms with Gasteiger partial charge >= 0.3 is 0 Å². The van der Waals surface area contributed by atoms with E-state index >= 15 is 0 Å². The average molecular weight is 417 g/mol. The Morgan fingerprint density at radius 3 is 2.21 bits per heavy atom. The maximum Gasteiger partial charge on any atom is 0.145 e. The minimum Gasteiger partial charge on any atom is -0.319 e. The van der Waals surface area contributed by atoms with Gasteiger partial charge in [-0.25, -0.2) is 13.8 Å². The first-order chi connectivity index (χ1) is 13.4. The summed E-state index contributed by atoms with van der Waals surface area (Å²) in [5.74, 6) is -0.580.